The molecule has 2 unspecified atom stereocenters. The van der Waals surface area contributed by atoms with E-state index in [2.05, 4.69) is 0 Å². The van der Waals surface area contributed by atoms with Crippen molar-refractivity contribution in [2.75, 3.05) is 6.54 Å². The van der Waals surface area contributed by atoms with Crippen LogP contribution in [0, 0.1) is 5.92 Å². The van der Waals surface area contributed by atoms with E-state index in [0.29, 0.717) is 13.0 Å². The van der Waals surface area contributed by atoms with Gasteiger partial charge in [-0.3, -0.25) is 0 Å². The lowest BCUT2D eigenvalue weighted by Gasteiger charge is -2.40. The van der Waals surface area contributed by atoms with E-state index in [-0.39, 0.29) is 18.1 Å². The van der Waals surface area contributed by atoms with Gasteiger partial charge < -0.3 is 14.4 Å². The molecule has 1 aliphatic heterocycles. The number of rotatable bonds is 3. The Bertz CT molecular complexity index is 507. The number of likely N-dealkylation sites (tertiary alicyclic amines) is 1. The molecule has 0 aromatic heterocycles. The van der Waals surface area contributed by atoms with E-state index in [0.717, 1.165) is 24.7 Å². The van der Waals surface area contributed by atoms with Crippen LogP contribution >= 0.6 is 0 Å². The molecule has 2 atom stereocenters. The van der Waals surface area contributed by atoms with Crippen molar-refractivity contribution in [3.63, 3.8) is 0 Å². The molecular weight excluding hydrogens is 278 g/mol. The molecule has 0 bridgehead atoms. The van der Waals surface area contributed by atoms with Crippen molar-refractivity contribution in [1.29, 1.82) is 0 Å². The predicted octanol–water partition coefficient (Wildman–Crippen LogP) is 3.44. The Kier molecular flexibility index (Phi) is 5.22. The van der Waals surface area contributed by atoms with Crippen LogP contribution in [-0.4, -0.2) is 35.5 Å². The Labute approximate surface area is 132 Å². The minimum atomic E-state index is -0.525. The highest BCUT2D eigenvalue weighted by atomic mass is 16.6. The van der Waals surface area contributed by atoms with Gasteiger partial charge in [-0.05, 0) is 45.6 Å². The number of ether oxygens (including phenoxy) is 1. The summed E-state index contributed by atoms with van der Waals surface area (Å²) in [6.07, 6.45) is 3.03. The lowest BCUT2D eigenvalue weighted by atomic mass is 9.86. The van der Waals surface area contributed by atoms with Gasteiger partial charge in [0.1, 0.15) is 11.9 Å². The lowest BCUT2D eigenvalue weighted by molar-refractivity contribution is -0.114. The highest BCUT2D eigenvalue weighted by molar-refractivity contribution is 5.70. The van der Waals surface area contributed by atoms with Crippen molar-refractivity contribution < 1.29 is 14.3 Å². The van der Waals surface area contributed by atoms with Crippen LogP contribution in [0.2, 0.25) is 0 Å². The molecule has 1 aromatic rings. The summed E-state index contributed by atoms with van der Waals surface area (Å²) in [5, 5.41) is 0. The van der Waals surface area contributed by atoms with Gasteiger partial charge in [0.2, 0.25) is 0 Å². The number of hydrogen-bond donors (Lipinski definition) is 0. The fraction of sp³-hybridized carbons (Fsp3) is 0.556. The second-order valence-electron chi connectivity index (χ2n) is 6.87. The zero-order valence-electron chi connectivity index (χ0n) is 13.6. The van der Waals surface area contributed by atoms with Crippen LogP contribution in [-0.2, 0) is 16.0 Å². The monoisotopic (exact) mass is 303 g/mol. The van der Waals surface area contributed by atoms with E-state index in [4.69, 9.17) is 4.74 Å². The first kappa shape index (κ1) is 16.5. The highest BCUT2D eigenvalue weighted by Gasteiger charge is 2.36. The van der Waals surface area contributed by atoms with Gasteiger partial charge in [0, 0.05) is 18.5 Å². The summed E-state index contributed by atoms with van der Waals surface area (Å²) in [6.45, 7) is 6.23. The van der Waals surface area contributed by atoms with Crippen molar-refractivity contribution >= 4 is 12.4 Å². The summed E-state index contributed by atoms with van der Waals surface area (Å²) in [4.78, 5) is 25.6. The van der Waals surface area contributed by atoms with E-state index in [1.165, 1.54) is 0 Å². The molecule has 1 fully saturated rings. The topological polar surface area (TPSA) is 46.6 Å². The lowest BCUT2D eigenvalue weighted by Crippen LogP contribution is -2.51. The molecule has 2 rings (SSSR count). The van der Waals surface area contributed by atoms with Crippen LogP contribution in [0.1, 0.15) is 39.2 Å². The average Bonchev–Trinajstić information content (AvgIpc) is 2.46. The van der Waals surface area contributed by atoms with Crippen LogP contribution in [0.15, 0.2) is 30.3 Å². The second kappa shape index (κ2) is 6.95. The molecule has 1 saturated heterocycles. The molecule has 0 spiro atoms. The summed E-state index contributed by atoms with van der Waals surface area (Å²) >= 11 is 0. The van der Waals surface area contributed by atoms with Crippen LogP contribution in [0.3, 0.4) is 0 Å². The number of carbonyl (C=O) groups excluding carboxylic acids is 2. The summed E-state index contributed by atoms with van der Waals surface area (Å²) in [6, 6.07) is 9.86. The van der Waals surface area contributed by atoms with Crippen LogP contribution in [0.5, 0.6) is 0 Å². The molecule has 1 aromatic carbocycles. The van der Waals surface area contributed by atoms with Gasteiger partial charge in [0.05, 0.1) is 0 Å². The van der Waals surface area contributed by atoms with Crippen molar-refractivity contribution in [1.82, 2.24) is 4.90 Å². The number of nitrogens with zero attached hydrogens (tertiary/aromatic N) is 1. The summed E-state index contributed by atoms with van der Waals surface area (Å²) < 4.78 is 5.51. The molecule has 1 aliphatic rings. The van der Waals surface area contributed by atoms with Gasteiger partial charge in [0.25, 0.3) is 0 Å². The predicted molar refractivity (Wildman–Crippen MR) is 85.7 cm³/mol. The standard InChI is InChI=1S/C18H25NO3/c1-18(2,3)22-17(21)19-11-7-10-15(13-20)16(19)12-14-8-5-4-6-9-14/h4-6,8-9,13,15-16H,7,10-12H2,1-3H3. The Hall–Kier alpha value is -1.84. The van der Waals surface area contributed by atoms with Gasteiger partial charge >= 0.3 is 6.09 Å². The Morgan fingerprint density at radius 2 is 2.00 bits per heavy atom. The molecule has 0 aliphatic carbocycles. The highest BCUT2D eigenvalue weighted by Crippen LogP contribution is 2.27. The third-order valence-electron chi connectivity index (χ3n) is 3.92. The van der Waals surface area contributed by atoms with Crippen molar-refractivity contribution in [2.45, 2.75) is 51.7 Å². The molecule has 120 valence electrons. The zero-order chi connectivity index (χ0) is 16.2. The number of piperidine rings is 1. The largest absolute Gasteiger partial charge is 0.444 e. The molecule has 0 radical (unpaired) electrons. The van der Waals surface area contributed by atoms with Crippen LogP contribution in [0.4, 0.5) is 4.79 Å². The van der Waals surface area contributed by atoms with Crippen LogP contribution < -0.4 is 0 Å². The third-order valence-corrected chi connectivity index (χ3v) is 3.92. The van der Waals surface area contributed by atoms with Gasteiger partial charge in [-0.25, -0.2) is 4.79 Å². The molecule has 0 saturated carbocycles. The average molecular weight is 303 g/mol. The fourth-order valence-electron chi connectivity index (χ4n) is 2.91. The molecule has 4 nitrogen and oxygen atoms in total. The molecular formula is C18H25NO3. The number of hydrogen-bond acceptors (Lipinski definition) is 3. The second-order valence-corrected chi connectivity index (χ2v) is 6.87. The molecule has 1 amide bonds. The van der Waals surface area contributed by atoms with Gasteiger partial charge in [-0.2, -0.15) is 0 Å². The Balaban J connectivity index is 2.17. The summed E-state index contributed by atoms with van der Waals surface area (Å²) in [5.74, 6) is -0.124. The van der Waals surface area contributed by atoms with Gasteiger partial charge in [-0.15, -0.1) is 0 Å². The maximum absolute atomic E-state index is 12.5. The quantitative estimate of drug-likeness (QED) is 0.804. The van der Waals surface area contributed by atoms with Crippen molar-refractivity contribution in [3.8, 4) is 0 Å². The Morgan fingerprint density at radius 1 is 1.32 bits per heavy atom. The molecule has 1 heterocycles. The number of amides is 1. The first-order valence-corrected chi connectivity index (χ1v) is 7.89. The number of benzene rings is 1. The summed E-state index contributed by atoms with van der Waals surface area (Å²) in [5.41, 5.74) is 0.609. The normalized spacial score (nSPS) is 22.2. The van der Waals surface area contributed by atoms with E-state index in [1.54, 1.807) is 4.90 Å². The van der Waals surface area contributed by atoms with E-state index in [1.807, 2.05) is 51.1 Å². The van der Waals surface area contributed by atoms with E-state index in [9.17, 15) is 9.59 Å². The Morgan fingerprint density at radius 3 is 2.59 bits per heavy atom. The SMILES string of the molecule is CC(C)(C)OC(=O)N1CCCC(C=O)C1Cc1ccccc1. The minimum absolute atomic E-state index is 0.122. The minimum Gasteiger partial charge on any atom is -0.444 e. The van der Waals surface area contributed by atoms with Crippen LogP contribution in [0.25, 0.3) is 0 Å². The summed E-state index contributed by atoms with van der Waals surface area (Å²) in [7, 11) is 0. The first-order valence-electron chi connectivity index (χ1n) is 7.89. The molecule has 4 heteroatoms. The number of carbonyl (C=O) groups is 2. The van der Waals surface area contributed by atoms with Gasteiger partial charge in [0.15, 0.2) is 0 Å². The van der Waals surface area contributed by atoms with E-state index >= 15 is 0 Å². The van der Waals surface area contributed by atoms with Crippen molar-refractivity contribution in [3.05, 3.63) is 35.9 Å². The maximum atomic E-state index is 12.5. The molecule has 22 heavy (non-hydrogen) atoms. The van der Waals surface area contributed by atoms with Crippen molar-refractivity contribution in [2.24, 2.45) is 5.92 Å². The smallest absolute Gasteiger partial charge is 0.410 e. The fourth-order valence-corrected chi connectivity index (χ4v) is 2.91. The zero-order valence-corrected chi connectivity index (χ0v) is 13.6. The molecule has 0 N–H and O–H groups in total. The third kappa shape index (κ3) is 4.33. The first-order chi connectivity index (χ1) is 10.4. The van der Waals surface area contributed by atoms with E-state index < -0.39 is 5.60 Å². The number of aldehydes is 1. The van der Waals surface area contributed by atoms with Gasteiger partial charge in [-0.1, -0.05) is 30.3 Å². The maximum Gasteiger partial charge on any atom is 0.410 e.